The van der Waals surface area contributed by atoms with E-state index in [-0.39, 0.29) is 12.5 Å². The van der Waals surface area contributed by atoms with Crippen molar-refractivity contribution in [1.29, 1.82) is 0 Å². The lowest BCUT2D eigenvalue weighted by molar-refractivity contribution is 0.220. The van der Waals surface area contributed by atoms with Gasteiger partial charge in [-0.05, 0) is 25.7 Å². The Morgan fingerprint density at radius 1 is 1.55 bits per heavy atom. The van der Waals surface area contributed by atoms with Crippen molar-refractivity contribution in [3.63, 3.8) is 0 Å². The molecule has 0 rings (SSSR count). The van der Waals surface area contributed by atoms with Crippen molar-refractivity contribution in [3.05, 3.63) is 24.3 Å². The van der Waals surface area contributed by atoms with Gasteiger partial charge in [-0.3, -0.25) is 0 Å². The van der Waals surface area contributed by atoms with E-state index in [1.165, 1.54) is 5.57 Å². The Labute approximate surface area is 69.4 Å². The van der Waals surface area contributed by atoms with Gasteiger partial charge in [0.25, 0.3) is 0 Å². The first-order valence-electron chi connectivity index (χ1n) is 4.00. The molecule has 11 heavy (non-hydrogen) atoms. The van der Waals surface area contributed by atoms with Crippen LogP contribution in [0.15, 0.2) is 24.3 Å². The molecule has 0 saturated heterocycles. The van der Waals surface area contributed by atoms with Gasteiger partial charge >= 0.3 is 0 Å². The Hall–Kier alpha value is -0.560. The van der Waals surface area contributed by atoms with Crippen LogP contribution in [0.3, 0.4) is 0 Å². The molecular weight excluding hydrogens is 136 g/mol. The summed E-state index contributed by atoms with van der Waals surface area (Å²) in [5.74, 6) is 0.590. The highest BCUT2D eigenvalue weighted by molar-refractivity contribution is 5.04. The summed E-state index contributed by atoms with van der Waals surface area (Å²) in [6, 6.07) is 0. The molecule has 64 valence electrons. The Morgan fingerprint density at radius 3 is 2.36 bits per heavy atom. The van der Waals surface area contributed by atoms with Gasteiger partial charge in [0.1, 0.15) is 0 Å². The summed E-state index contributed by atoms with van der Waals surface area (Å²) < 4.78 is 0. The SMILES string of the molecule is C=CC(C=C(C)C)C(C)CO. The predicted molar refractivity (Wildman–Crippen MR) is 49.4 cm³/mol. The van der Waals surface area contributed by atoms with Gasteiger partial charge in [-0.2, -0.15) is 0 Å². The normalized spacial score (nSPS) is 15.3. The molecule has 0 aliphatic rings. The molecular formula is C10H18O. The molecule has 0 aromatic rings. The Bertz CT molecular complexity index is 143. The van der Waals surface area contributed by atoms with Gasteiger partial charge in [-0.15, -0.1) is 6.58 Å². The first-order valence-corrected chi connectivity index (χ1v) is 4.00. The van der Waals surface area contributed by atoms with Crippen LogP contribution in [-0.4, -0.2) is 11.7 Å². The summed E-state index contributed by atoms with van der Waals surface area (Å²) in [5, 5.41) is 8.87. The minimum atomic E-state index is 0.223. The number of hydrogen-bond acceptors (Lipinski definition) is 1. The van der Waals surface area contributed by atoms with Gasteiger partial charge in [0.2, 0.25) is 0 Å². The van der Waals surface area contributed by atoms with Crippen molar-refractivity contribution in [2.75, 3.05) is 6.61 Å². The molecule has 0 aromatic heterocycles. The quantitative estimate of drug-likeness (QED) is 0.616. The maximum absolute atomic E-state index is 8.87. The molecule has 0 bridgehead atoms. The predicted octanol–water partition coefficient (Wildman–Crippen LogP) is 2.38. The minimum Gasteiger partial charge on any atom is -0.396 e. The van der Waals surface area contributed by atoms with Crippen molar-refractivity contribution in [3.8, 4) is 0 Å². The molecule has 0 aliphatic heterocycles. The third-order valence-corrected chi connectivity index (χ3v) is 1.74. The van der Waals surface area contributed by atoms with Crippen molar-refractivity contribution in [1.82, 2.24) is 0 Å². The molecule has 2 atom stereocenters. The standard InChI is InChI=1S/C10H18O/c1-5-10(6-8(2)3)9(4)7-11/h5-6,9-11H,1,7H2,2-4H3. The van der Waals surface area contributed by atoms with E-state index in [1.807, 2.05) is 13.0 Å². The second kappa shape index (κ2) is 5.14. The van der Waals surface area contributed by atoms with E-state index in [0.29, 0.717) is 5.92 Å². The zero-order valence-corrected chi connectivity index (χ0v) is 7.67. The molecule has 0 amide bonds. The highest BCUT2D eigenvalue weighted by atomic mass is 16.3. The van der Waals surface area contributed by atoms with Crippen molar-refractivity contribution >= 4 is 0 Å². The maximum atomic E-state index is 8.87. The van der Waals surface area contributed by atoms with E-state index >= 15 is 0 Å². The number of rotatable bonds is 4. The topological polar surface area (TPSA) is 20.2 Å². The average Bonchev–Trinajstić information content (AvgIpc) is 1.98. The fourth-order valence-electron chi connectivity index (χ4n) is 0.971. The van der Waals surface area contributed by atoms with Crippen LogP contribution in [0, 0.1) is 11.8 Å². The fraction of sp³-hybridized carbons (Fsp3) is 0.600. The summed E-state index contributed by atoms with van der Waals surface area (Å²) in [6.07, 6.45) is 4.02. The van der Waals surface area contributed by atoms with E-state index in [0.717, 1.165) is 0 Å². The van der Waals surface area contributed by atoms with Gasteiger partial charge in [0.05, 0.1) is 0 Å². The Kier molecular flexibility index (Phi) is 4.88. The van der Waals surface area contributed by atoms with E-state index in [9.17, 15) is 0 Å². The Balaban J connectivity index is 4.16. The molecule has 0 saturated carbocycles. The van der Waals surface area contributed by atoms with Crippen LogP contribution >= 0.6 is 0 Å². The monoisotopic (exact) mass is 154 g/mol. The minimum absolute atomic E-state index is 0.223. The zero-order valence-electron chi connectivity index (χ0n) is 7.67. The van der Waals surface area contributed by atoms with Crippen LogP contribution < -0.4 is 0 Å². The van der Waals surface area contributed by atoms with Gasteiger partial charge in [-0.25, -0.2) is 0 Å². The summed E-state index contributed by atoms with van der Waals surface area (Å²) in [5.41, 5.74) is 1.27. The van der Waals surface area contributed by atoms with Crippen LogP contribution in [0.2, 0.25) is 0 Å². The molecule has 0 spiro atoms. The molecule has 0 heterocycles. The third-order valence-electron chi connectivity index (χ3n) is 1.74. The van der Waals surface area contributed by atoms with Crippen LogP contribution in [0.1, 0.15) is 20.8 Å². The maximum Gasteiger partial charge on any atom is 0.0465 e. The van der Waals surface area contributed by atoms with Crippen LogP contribution in [0.25, 0.3) is 0 Å². The molecule has 2 unspecified atom stereocenters. The first-order chi connectivity index (χ1) is 5.11. The summed E-state index contributed by atoms with van der Waals surface area (Å²) >= 11 is 0. The lowest BCUT2D eigenvalue weighted by Gasteiger charge is -2.14. The second-order valence-electron chi connectivity index (χ2n) is 3.22. The van der Waals surface area contributed by atoms with Crippen molar-refractivity contribution in [2.24, 2.45) is 11.8 Å². The first kappa shape index (κ1) is 10.4. The van der Waals surface area contributed by atoms with E-state index < -0.39 is 0 Å². The van der Waals surface area contributed by atoms with E-state index in [2.05, 4.69) is 26.5 Å². The van der Waals surface area contributed by atoms with Gasteiger partial charge in [-0.1, -0.05) is 24.6 Å². The summed E-state index contributed by atoms with van der Waals surface area (Å²) in [6.45, 7) is 10.1. The fourth-order valence-corrected chi connectivity index (χ4v) is 0.971. The highest BCUT2D eigenvalue weighted by Crippen LogP contribution is 2.15. The number of aliphatic hydroxyl groups excluding tert-OH is 1. The molecule has 0 aliphatic carbocycles. The lowest BCUT2D eigenvalue weighted by Crippen LogP contribution is -2.10. The summed E-state index contributed by atoms with van der Waals surface area (Å²) in [4.78, 5) is 0. The van der Waals surface area contributed by atoms with Crippen LogP contribution in [0.5, 0.6) is 0 Å². The second-order valence-corrected chi connectivity index (χ2v) is 3.22. The average molecular weight is 154 g/mol. The third kappa shape index (κ3) is 3.99. The largest absolute Gasteiger partial charge is 0.396 e. The molecule has 1 heteroatoms. The smallest absolute Gasteiger partial charge is 0.0465 e. The van der Waals surface area contributed by atoms with Crippen molar-refractivity contribution in [2.45, 2.75) is 20.8 Å². The van der Waals surface area contributed by atoms with E-state index in [4.69, 9.17) is 5.11 Å². The Morgan fingerprint density at radius 2 is 2.09 bits per heavy atom. The van der Waals surface area contributed by atoms with Gasteiger partial charge in [0, 0.05) is 6.61 Å². The van der Waals surface area contributed by atoms with Crippen LogP contribution in [0.4, 0.5) is 0 Å². The summed E-state index contributed by atoms with van der Waals surface area (Å²) in [7, 11) is 0. The number of allylic oxidation sites excluding steroid dienone is 3. The van der Waals surface area contributed by atoms with Crippen molar-refractivity contribution < 1.29 is 5.11 Å². The van der Waals surface area contributed by atoms with Gasteiger partial charge in [0.15, 0.2) is 0 Å². The molecule has 0 fully saturated rings. The number of aliphatic hydroxyl groups is 1. The molecule has 1 N–H and O–H groups in total. The highest BCUT2D eigenvalue weighted by Gasteiger charge is 2.08. The molecule has 1 nitrogen and oxygen atoms in total. The van der Waals surface area contributed by atoms with E-state index in [1.54, 1.807) is 0 Å². The van der Waals surface area contributed by atoms with Crippen LogP contribution in [-0.2, 0) is 0 Å². The molecule has 0 aromatic carbocycles. The van der Waals surface area contributed by atoms with Gasteiger partial charge < -0.3 is 5.11 Å². The number of hydrogen-bond donors (Lipinski definition) is 1. The zero-order chi connectivity index (χ0) is 8.85. The molecule has 0 radical (unpaired) electrons. The lowest BCUT2D eigenvalue weighted by atomic mass is 9.93.